The maximum atomic E-state index is 11.8. The molecule has 0 unspecified atom stereocenters. The standard InChI is InChI=1S/C15H20O2/c1-3-5-7-12-14(4-2)17-15(16)13-10-8-6-9-11-13/h6,8-12H,3-5,7H2,1-2H3. The van der Waals surface area contributed by atoms with Crippen LogP contribution in [0.25, 0.3) is 0 Å². The first-order valence-electron chi connectivity index (χ1n) is 6.24. The van der Waals surface area contributed by atoms with Crippen LogP contribution in [0.5, 0.6) is 0 Å². The van der Waals surface area contributed by atoms with Gasteiger partial charge in [0, 0.05) is 6.42 Å². The van der Waals surface area contributed by atoms with Crippen LogP contribution in [0.3, 0.4) is 0 Å². The number of ether oxygens (including phenoxy) is 1. The molecule has 0 aliphatic rings. The van der Waals surface area contributed by atoms with Gasteiger partial charge >= 0.3 is 5.97 Å². The Balaban J connectivity index is 2.57. The molecule has 0 N–H and O–H groups in total. The van der Waals surface area contributed by atoms with Gasteiger partial charge in [0.2, 0.25) is 0 Å². The Kier molecular flexibility index (Phi) is 6.08. The second-order valence-corrected chi connectivity index (χ2v) is 3.92. The Hall–Kier alpha value is -1.57. The van der Waals surface area contributed by atoms with Crippen molar-refractivity contribution in [3.63, 3.8) is 0 Å². The highest BCUT2D eigenvalue weighted by molar-refractivity contribution is 5.89. The van der Waals surface area contributed by atoms with Crippen LogP contribution in [0.15, 0.2) is 42.2 Å². The van der Waals surface area contributed by atoms with Crippen LogP contribution in [-0.4, -0.2) is 5.97 Å². The molecule has 0 fully saturated rings. The van der Waals surface area contributed by atoms with Crippen molar-refractivity contribution in [2.45, 2.75) is 39.5 Å². The molecule has 1 rings (SSSR count). The lowest BCUT2D eigenvalue weighted by atomic mass is 10.2. The maximum absolute atomic E-state index is 11.8. The number of rotatable bonds is 6. The number of allylic oxidation sites excluding steroid dienone is 2. The molecule has 92 valence electrons. The Morgan fingerprint density at radius 3 is 2.53 bits per heavy atom. The highest BCUT2D eigenvalue weighted by Crippen LogP contribution is 2.11. The zero-order chi connectivity index (χ0) is 12.5. The third kappa shape index (κ3) is 4.85. The second kappa shape index (κ2) is 7.66. The lowest BCUT2D eigenvalue weighted by Gasteiger charge is -2.06. The van der Waals surface area contributed by atoms with E-state index in [0.29, 0.717) is 5.56 Å². The molecule has 0 bridgehead atoms. The topological polar surface area (TPSA) is 26.3 Å². The molecule has 0 atom stereocenters. The molecule has 1 aromatic rings. The van der Waals surface area contributed by atoms with Crippen molar-refractivity contribution < 1.29 is 9.53 Å². The van der Waals surface area contributed by atoms with E-state index in [2.05, 4.69) is 6.92 Å². The molecule has 0 saturated heterocycles. The summed E-state index contributed by atoms with van der Waals surface area (Å²) < 4.78 is 5.35. The van der Waals surface area contributed by atoms with E-state index in [-0.39, 0.29) is 5.97 Å². The van der Waals surface area contributed by atoms with Crippen molar-refractivity contribution >= 4 is 5.97 Å². The summed E-state index contributed by atoms with van der Waals surface area (Å²) in [5.41, 5.74) is 0.599. The molecule has 0 aliphatic heterocycles. The molecule has 1 aromatic carbocycles. The Bertz CT molecular complexity index is 366. The largest absolute Gasteiger partial charge is 0.428 e. The second-order valence-electron chi connectivity index (χ2n) is 3.92. The van der Waals surface area contributed by atoms with Crippen molar-refractivity contribution in [2.24, 2.45) is 0 Å². The lowest BCUT2D eigenvalue weighted by molar-refractivity contribution is 0.0615. The molecule has 0 radical (unpaired) electrons. The monoisotopic (exact) mass is 232 g/mol. The van der Waals surface area contributed by atoms with Crippen molar-refractivity contribution in [3.8, 4) is 0 Å². The Morgan fingerprint density at radius 2 is 1.94 bits per heavy atom. The smallest absolute Gasteiger partial charge is 0.343 e. The van der Waals surface area contributed by atoms with Gasteiger partial charge in [-0.3, -0.25) is 0 Å². The molecule has 0 heterocycles. The van der Waals surface area contributed by atoms with Crippen LogP contribution in [0, 0.1) is 0 Å². The summed E-state index contributed by atoms with van der Waals surface area (Å²) in [5.74, 6) is 0.502. The number of esters is 1. The summed E-state index contributed by atoms with van der Waals surface area (Å²) in [4.78, 5) is 11.8. The predicted octanol–water partition coefficient (Wildman–Crippen LogP) is 4.33. The van der Waals surface area contributed by atoms with Gasteiger partial charge < -0.3 is 4.74 Å². The van der Waals surface area contributed by atoms with E-state index in [1.807, 2.05) is 31.2 Å². The van der Waals surface area contributed by atoms with Crippen LogP contribution < -0.4 is 0 Å². The number of carbonyl (C=O) groups excluding carboxylic acids is 1. The summed E-state index contributed by atoms with van der Waals surface area (Å²) >= 11 is 0. The highest BCUT2D eigenvalue weighted by Gasteiger charge is 2.07. The van der Waals surface area contributed by atoms with Gasteiger partial charge in [-0.2, -0.15) is 0 Å². The molecular formula is C15H20O2. The van der Waals surface area contributed by atoms with E-state index in [4.69, 9.17) is 4.74 Å². The zero-order valence-electron chi connectivity index (χ0n) is 10.6. The van der Waals surface area contributed by atoms with Crippen LogP contribution in [0.1, 0.15) is 49.9 Å². The summed E-state index contributed by atoms with van der Waals surface area (Å²) in [7, 11) is 0. The van der Waals surface area contributed by atoms with Gasteiger partial charge in [-0.15, -0.1) is 0 Å². The molecule has 0 spiro atoms. The number of benzene rings is 1. The summed E-state index contributed by atoms with van der Waals surface area (Å²) in [6, 6.07) is 9.09. The van der Waals surface area contributed by atoms with Gasteiger partial charge in [-0.05, 0) is 31.1 Å². The number of carbonyl (C=O) groups is 1. The van der Waals surface area contributed by atoms with Crippen molar-refractivity contribution in [1.29, 1.82) is 0 Å². The fourth-order valence-electron chi connectivity index (χ4n) is 1.48. The SMILES string of the molecule is CCCCC=C(CC)OC(=O)c1ccccc1. The maximum Gasteiger partial charge on any atom is 0.343 e. The Labute approximate surface area is 103 Å². The first-order valence-corrected chi connectivity index (χ1v) is 6.24. The number of unbranched alkanes of at least 4 members (excludes halogenated alkanes) is 2. The van der Waals surface area contributed by atoms with E-state index < -0.39 is 0 Å². The van der Waals surface area contributed by atoms with E-state index in [1.54, 1.807) is 12.1 Å². The average Bonchev–Trinajstić information content (AvgIpc) is 2.38. The third-order valence-electron chi connectivity index (χ3n) is 2.51. The van der Waals surface area contributed by atoms with E-state index in [1.165, 1.54) is 0 Å². The molecule has 0 aliphatic carbocycles. The summed E-state index contributed by atoms with van der Waals surface area (Å²) in [6.45, 7) is 4.14. The van der Waals surface area contributed by atoms with E-state index in [9.17, 15) is 4.79 Å². The fraction of sp³-hybridized carbons (Fsp3) is 0.400. The first kappa shape index (κ1) is 13.5. The molecule has 0 saturated carbocycles. The molecule has 0 aromatic heterocycles. The summed E-state index contributed by atoms with van der Waals surface area (Å²) in [5, 5.41) is 0. The number of hydrogen-bond donors (Lipinski definition) is 0. The minimum atomic E-state index is -0.268. The summed E-state index contributed by atoms with van der Waals surface area (Å²) in [6.07, 6.45) is 6.03. The predicted molar refractivity (Wildman–Crippen MR) is 69.8 cm³/mol. The minimum absolute atomic E-state index is 0.268. The molecule has 17 heavy (non-hydrogen) atoms. The van der Waals surface area contributed by atoms with E-state index >= 15 is 0 Å². The van der Waals surface area contributed by atoms with Crippen LogP contribution in [-0.2, 0) is 4.74 Å². The van der Waals surface area contributed by atoms with Gasteiger partial charge in [-0.1, -0.05) is 38.5 Å². The lowest BCUT2D eigenvalue weighted by Crippen LogP contribution is -2.04. The highest BCUT2D eigenvalue weighted by atomic mass is 16.5. The van der Waals surface area contributed by atoms with Crippen molar-refractivity contribution in [3.05, 3.63) is 47.7 Å². The van der Waals surface area contributed by atoms with Crippen LogP contribution >= 0.6 is 0 Å². The first-order chi connectivity index (χ1) is 8.27. The average molecular weight is 232 g/mol. The van der Waals surface area contributed by atoms with E-state index in [0.717, 1.165) is 31.4 Å². The van der Waals surface area contributed by atoms with Crippen LogP contribution in [0.2, 0.25) is 0 Å². The normalized spacial score (nSPS) is 11.3. The molecular weight excluding hydrogens is 212 g/mol. The third-order valence-corrected chi connectivity index (χ3v) is 2.51. The van der Waals surface area contributed by atoms with Gasteiger partial charge in [0.1, 0.15) is 5.76 Å². The van der Waals surface area contributed by atoms with Crippen molar-refractivity contribution in [1.82, 2.24) is 0 Å². The Morgan fingerprint density at radius 1 is 1.24 bits per heavy atom. The molecule has 2 heteroatoms. The van der Waals surface area contributed by atoms with Gasteiger partial charge in [0.05, 0.1) is 5.56 Å². The number of hydrogen-bond acceptors (Lipinski definition) is 2. The fourth-order valence-corrected chi connectivity index (χ4v) is 1.48. The van der Waals surface area contributed by atoms with Gasteiger partial charge in [0.25, 0.3) is 0 Å². The quantitative estimate of drug-likeness (QED) is 0.414. The van der Waals surface area contributed by atoms with Gasteiger partial charge in [0.15, 0.2) is 0 Å². The molecule has 2 nitrogen and oxygen atoms in total. The zero-order valence-corrected chi connectivity index (χ0v) is 10.6. The van der Waals surface area contributed by atoms with Gasteiger partial charge in [-0.25, -0.2) is 4.79 Å². The molecule has 0 amide bonds. The van der Waals surface area contributed by atoms with Crippen LogP contribution in [0.4, 0.5) is 0 Å². The van der Waals surface area contributed by atoms with Crippen molar-refractivity contribution in [2.75, 3.05) is 0 Å². The minimum Gasteiger partial charge on any atom is -0.428 e.